The summed E-state index contributed by atoms with van der Waals surface area (Å²) >= 11 is 0. The van der Waals surface area contributed by atoms with Gasteiger partial charge in [-0.15, -0.1) is 0 Å². The predicted octanol–water partition coefficient (Wildman–Crippen LogP) is 0.205. The largest absolute Gasteiger partial charge is 0.439 e. The SMILES string of the molecule is CC=CC(=O)OC(=O)NO. The lowest BCUT2D eigenvalue weighted by molar-refractivity contribution is -0.132. The van der Waals surface area contributed by atoms with E-state index in [1.165, 1.54) is 6.08 Å². The average molecular weight is 145 g/mol. The maximum absolute atomic E-state index is 10.3. The second-order valence-electron chi connectivity index (χ2n) is 1.32. The van der Waals surface area contributed by atoms with Crippen LogP contribution in [0.2, 0.25) is 0 Å². The van der Waals surface area contributed by atoms with Crippen LogP contribution in [0.5, 0.6) is 0 Å². The summed E-state index contributed by atoms with van der Waals surface area (Å²) in [5.41, 5.74) is 1.14. The van der Waals surface area contributed by atoms with Gasteiger partial charge in [-0.25, -0.2) is 15.1 Å². The van der Waals surface area contributed by atoms with Crippen LogP contribution in [-0.4, -0.2) is 17.3 Å². The van der Waals surface area contributed by atoms with Crippen LogP contribution in [0.25, 0.3) is 0 Å². The lowest BCUT2D eigenvalue weighted by Gasteiger charge is -1.94. The van der Waals surface area contributed by atoms with Crippen molar-refractivity contribution in [2.45, 2.75) is 6.92 Å². The number of allylic oxidation sites excluding steroid dienone is 1. The smallest absolute Gasteiger partial charge is 0.371 e. The molecule has 0 bridgehead atoms. The summed E-state index contributed by atoms with van der Waals surface area (Å²) in [5.74, 6) is -0.825. The summed E-state index contributed by atoms with van der Waals surface area (Å²) in [6, 6.07) is 0. The molecule has 0 aliphatic heterocycles. The van der Waals surface area contributed by atoms with Gasteiger partial charge in [-0.1, -0.05) is 6.08 Å². The Morgan fingerprint density at radius 3 is 2.60 bits per heavy atom. The van der Waals surface area contributed by atoms with Crippen molar-refractivity contribution >= 4 is 12.1 Å². The van der Waals surface area contributed by atoms with E-state index in [0.29, 0.717) is 0 Å². The van der Waals surface area contributed by atoms with Gasteiger partial charge in [0.05, 0.1) is 0 Å². The zero-order valence-electron chi connectivity index (χ0n) is 5.33. The van der Waals surface area contributed by atoms with Gasteiger partial charge in [-0.3, -0.25) is 5.21 Å². The maximum atomic E-state index is 10.3. The summed E-state index contributed by atoms with van der Waals surface area (Å²) in [5, 5.41) is 7.85. The van der Waals surface area contributed by atoms with E-state index >= 15 is 0 Å². The highest BCUT2D eigenvalue weighted by Crippen LogP contribution is 1.80. The van der Waals surface area contributed by atoms with Crippen molar-refractivity contribution in [1.82, 2.24) is 5.48 Å². The highest BCUT2D eigenvalue weighted by atomic mass is 16.6. The Morgan fingerprint density at radius 1 is 1.60 bits per heavy atom. The maximum Gasteiger partial charge on any atom is 0.439 e. The van der Waals surface area contributed by atoms with Crippen molar-refractivity contribution in [3.05, 3.63) is 12.2 Å². The minimum atomic E-state index is -1.19. The minimum Gasteiger partial charge on any atom is -0.371 e. The fraction of sp³-hybridized carbons (Fsp3) is 0.200. The Labute approximate surface area is 57.2 Å². The van der Waals surface area contributed by atoms with Gasteiger partial charge >= 0.3 is 12.1 Å². The molecule has 0 aliphatic carbocycles. The highest BCUT2D eigenvalue weighted by molar-refractivity contribution is 5.90. The zero-order valence-corrected chi connectivity index (χ0v) is 5.33. The van der Waals surface area contributed by atoms with Gasteiger partial charge in [0, 0.05) is 6.08 Å². The lowest BCUT2D eigenvalue weighted by atomic mass is 10.5. The van der Waals surface area contributed by atoms with E-state index in [0.717, 1.165) is 11.6 Å². The second kappa shape index (κ2) is 4.51. The Balaban J connectivity index is 3.68. The molecule has 0 aromatic heterocycles. The normalized spacial score (nSPS) is 9.40. The monoisotopic (exact) mass is 145 g/mol. The van der Waals surface area contributed by atoms with Crippen LogP contribution < -0.4 is 5.48 Å². The number of nitrogens with one attached hydrogen (secondary N) is 1. The standard InChI is InChI=1S/C5H7NO4/c1-2-3-4(7)10-5(8)6-9/h2-3,9H,1H3,(H,6,8). The molecule has 0 saturated heterocycles. The molecule has 5 nitrogen and oxygen atoms in total. The van der Waals surface area contributed by atoms with Crippen molar-refractivity contribution in [2.75, 3.05) is 0 Å². The molecule has 10 heavy (non-hydrogen) atoms. The second-order valence-corrected chi connectivity index (χ2v) is 1.32. The first-order valence-corrected chi connectivity index (χ1v) is 2.49. The van der Waals surface area contributed by atoms with Crippen molar-refractivity contribution in [3.8, 4) is 0 Å². The molecule has 1 amide bonds. The summed E-state index contributed by atoms with van der Waals surface area (Å²) < 4.78 is 3.91. The Kier molecular flexibility index (Phi) is 3.90. The third-order valence-electron chi connectivity index (χ3n) is 0.587. The van der Waals surface area contributed by atoms with Gasteiger partial charge in [0.2, 0.25) is 0 Å². The van der Waals surface area contributed by atoms with Crippen molar-refractivity contribution < 1.29 is 19.5 Å². The lowest BCUT2D eigenvalue weighted by Crippen LogP contribution is -2.22. The molecular weight excluding hydrogens is 138 g/mol. The first-order valence-electron chi connectivity index (χ1n) is 2.49. The summed E-state index contributed by atoms with van der Waals surface area (Å²) in [4.78, 5) is 20.4. The fourth-order valence-corrected chi connectivity index (χ4v) is 0.284. The molecule has 0 heterocycles. The van der Waals surface area contributed by atoms with Crippen molar-refractivity contribution in [2.24, 2.45) is 0 Å². The van der Waals surface area contributed by atoms with E-state index < -0.39 is 12.1 Å². The molecule has 5 heteroatoms. The van der Waals surface area contributed by atoms with E-state index in [-0.39, 0.29) is 0 Å². The molecule has 56 valence electrons. The summed E-state index contributed by atoms with van der Waals surface area (Å²) in [6.45, 7) is 1.60. The number of carbonyl (C=O) groups is 2. The van der Waals surface area contributed by atoms with E-state index in [4.69, 9.17) is 5.21 Å². The molecule has 0 saturated carbocycles. The van der Waals surface area contributed by atoms with Gasteiger partial charge in [0.15, 0.2) is 0 Å². The number of esters is 1. The van der Waals surface area contributed by atoms with E-state index in [9.17, 15) is 9.59 Å². The number of rotatable bonds is 1. The van der Waals surface area contributed by atoms with Gasteiger partial charge in [-0.2, -0.15) is 0 Å². The first-order chi connectivity index (χ1) is 4.70. The van der Waals surface area contributed by atoms with Crippen molar-refractivity contribution in [3.63, 3.8) is 0 Å². The topological polar surface area (TPSA) is 75.6 Å². The Bertz CT molecular complexity index is 163. The van der Waals surface area contributed by atoms with Crippen LogP contribution in [0, 0.1) is 0 Å². The van der Waals surface area contributed by atoms with E-state index in [1.807, 2.05) is 0 Å². The van der Waals surface area contributed by atoms with Crippen LogP contribution in [0.3, 0.4) is 0 Å². The molecule has 2 N–H and O–H groups in total. The van der Waals surface area contributed by atoms with Crippen LogP contribution in [0.1, 0.15) is 6.92 Å². The third kappa shape index (κ3) is 3.62. The van der Waals surface area contributed by atoms with Gasteiger partial charge in [0.25, 0.3) is 0 Å². The fourth-order valence-electron chi connectivity index (χ4n) is 0.284. The van der Waals surface area contributed by atoms with Gasteiger partial charge < -0.3 is 4.74 Å². The quantitative estimate of drug-likeness (QED) is 0.182. The van der Waals surface area contributed by atoms with E-state index in [2.05, 4.69) is 4.74 Å². The zero-order chi connectivity index (χ0) is 7.98. The molecule has 0 rings (SSSR count). The number of ether oxygens (including phenoxy) is 1. The number of hydrogen-bond donors (Lipinski definition) is 2. The van der Waals surface area contributed by atoms with Crippen LogP contribution in [0.4, 0.5) is 4.79 Å². The summed E-state index contributed by atoms with van der Waals surface area (Å²) in [6.07, 6.45) is 1.27. The third-order valence-corrected chi connectivity index (χ3v) is 0.587. The van der Waals surface area contributed by atoms with Crippen molar-refractivity contribution in [1.29, 1.82) is 0 Å². The molecule has 0 aromatic carbocycles. The Morgan fingerprint density at radius 2 is 2.20 bits per heavy atom. The number of carbonyl (C=O) groups excluding carboxylic acids is 2. The predicted molar refractivity (Wildman–Crippen MR) is 31.2 cm³/mol. The minimum absolute atomic E-state index is 0.825. The molecule has 0 aromatic rings. The molecule has 0 unspecified atom stereocenters. The molecule has 0 aliphatic rings. The summed E-state index contributed by atoms with van der Waals surface area (Å²) in [7, 11) is 0. The van der Waals surface area contributed by atoms with Crippen LogP contribution >= 0.6 is 0 Å². The molecular formula is C5H7NO4. The molecule has 0 radical (unpaired) electrons. The Hall–Kier alpha value is -1.36. The average Bonchev–Trinajstić information content (AvgIpc) is 1.88. The molecule has 0 spiro atoms. The van der Waals surface area contributed by atoms with E-state index in [1.54, 1.807) is 6.92 Å². The molecule has 0 fully saturated rings. The number of hydroxylamine groups is 1. The van der Waals surface area contributed by atoms with Crippen LogP contribution in [0.15, 0.2) is 12.2 Å². The number of amides is 1. The first kappa shape index (κ1) is 8.64. The van der Waals surface area contributed by atoms with Gasteiger partial charge in [0.1, 0.15) is 0 Å². The number of hydrogen-bond acceptors (Lipinski definition) is 4. The highest BCUT2D eigenvalue weighted by Gasteiger charge is 2.03. The van der Waals surface area contributed by atoms with Crippen LogP contribution in [-0.2, 0) is 9.53 Å². The molecule has 0 atom stereocenters. The van der Waals surface area contributed by atoms with Gasteiger partial charge in [-0.05, 0) is 6.92 Å².